The summed E-state index contributed by atoms with van der Waals surface area (Å²) in [4.78, 5) is 22.5. The third-order valence-corrected chi connectivity index (χ3v) is 3.15. The van der Waals surface area contributed by atoms with Crippen LogP contribution < -0.4 is 16.8 Å². The lowest BCUT2D eigenvalue weighted by Crippen LogP contribution is -2.32. The monoisotopic (exact) mass is 253 g/mol. The molecule has 0 bridgehead atoms. The first-order chi connectivity index (χ1) is 8.00. The van der Waals surface area contributed by atoms with Gasteiger partial charge >= 0.3 is 0 Å². The summed E-state index contributed by atoms with van der Waals surface area (Å²) in [6.45, 7) is 1.68. The molecule has 0 fully saturated rings. The molecular formula is C11H15N3O2S. The van der Waals surface area contributed by atoms with E-state index in [1.807, 2.05) is 24.3 Å². The maximum atomic E-state index is 11.0. The van der Waals surface area contributed by atoms with Crippen LogP contribution in [0, 0.1) is 0 Å². The fourth-order valence-electron chi connectivity index (χ4n) is 1.17. The molecule has 0 aliphatic rings. The van der Waals surface area contributed by atoms with Crippen LogP contribution in [-0.4, -0.2) is 23.6 Å². The number of hydrogen-bond acceptors (Lipinski definition) is 4. The van der Waals surface area contributed by atoms with Crippen molar-refractivity contribution in [1.29, 1.82) is 0 Å². The molecule has 1 aromatic rings. The number of rotatable bonds is 6. The molecule has 0 radical (unpaired) electrons. The molecule has 5 N–H and O–H groups in total. The number of primary amides is 2. The molecule has 1 atom stereocenters. The van der Waals surface area contributed by atoms with Crippen LogP contribution in [0.3, 0.4) is 0 Å². The van der Waals surface area contributed by atoms with Crippen molar-refractivity contribution in [1.82, 2.24) is 0 Å². The SMILES string of the molecule is C[C@@H](Nc1ccccc1SCC(N)=O)C(N)=O. The van der Waals surface area contributed by atoms with Gasteiger partial charge in [-0.1, -0.05) is 12.1 Å². The molecule has 0 saturated heterocycles. The van der Waals surface area contributed by atoms with Crippen molar-refractivity contribution in [3.05, 3.63) is 24.3 Å². The molecule has 2 amide bonds. The largest absolute Gasteiger partial charge is 0.373 e. The number of carbonyl (C=O) groups is 2. The lowest BCUT2D eigenvalue weighted by Gasteiger charge is -2.14. The summed E-state index contributed by atoms with van der Waals surface area (Å²) >= 11 is 1.32. The fraction of sp³-hybridized carbons (Fsp3) is 0.273. The summed E-state index contributed by atoms with van der Waals surface area (Å²) in [5.41, 5.74) is 11.0. The minimum Gasteiger partial charge on any atom is -0.373 e. The van der Waals surface area contributed by atoms with E-state index in [9.17, 15) is 9.59 Å². The third-order valence-electron chi connectivity index (χ3n) is 2.06. The zero-order chi connectivity index (χ0) is 12.8. The number of nitrogens with one attached hydrogen (secondary N) is 1. The first kappa shape index (κ1) is 13.4. The molecule has 0 aromatic heterocycles. The van der Waals surface area contributed by atoms with Crippen molar-refractivity contribution in [2.24, 2.45) is 11.5 Å². The molecule has 6 heteroatoms. The Balaban J connectivity index is 2.77. The van der Waals surface area contributed by atoms with E-state index in [2.05, 4.69) is 5.32 Å². The number of benzene rings is 1. The summed E-state index contributed by atoms with van der Waals surface area (Å²) in [5.74, 6) is -0.614. The Hall–Kier alpha value is -1.69. The molecule has 0 aliphatic heterocycles. The first-order valence-electron chi connectivity index (χ1n) is 5.06. The van der Waals surface area contributed by atoms with Gasteiger partial charge in [-0.15, -0.1) is 11.8 Å². The van der Waals surface area contributed by atoms with Crippen molar-refractivity contribution >= 4 is 29.3 Å². The minimum absolute atomic E-state index is 0.198. The lowest BCUT2D eigenvalue weighted by atomic mass is 10.2. The molecule has 0 heterocycles. The van der Waals surface area contributed by atoms with Gasteiger partial charge in [0.25, 0.3) is 0 Å². The fourth-order valence-corrected chi connectivity index (χ4v) is 1.92. The minimum atomic E-state index is -0.467. The van der Waals surface area contributed by atoms with Gasteiger partial charge in [0.15, 0.2) is 0 Å². The number of amides is 2. The number of carbonyl (C=O) groups excluding carboxylic acids is 2. The molecule has 92 valence electrons. The normalized spacial score (nSPS) is 11.8. The smallest absolute Gasteiger partial charge is 0.239 e. The van der Waals surface area contributed by atoms with Crippen LogP contribution in [0.25, 0.3) is 0 Å². The van der Waals surface area contributed by atoms with Crippen LogP contribution in [-0.2, 0) is 9.59 Å². The van der Waals surface area contributed by atoms with Crippen molar-refractivity contribution in [3.8, 4) is 0 Å². The third kappa shape index (κ3) is 4.36. The van der Waals surface area contributed by atoms with Gasteiger partial charge in [0, 0.05) is 10.6 Å². The Labute approximate surface area is 104 Å². The average molecular weight is 253 g/mol. The number of para-hydroxylation sites is 1. The molecule has 1 rings (SSSR count). The van der Waals surface area contributed by atoms with E-state index < -0.39 is 11.9 Å². The van der Waals surface area contributed by atoms with E-state index in [0.717, 1.165) is 10.6 Å². The topological polar surface area (TPSA) is 98.2 Å². The van der Waals surface area contributed by atoms with Crippen LogP contribution in [0.15, 0.2) is 29.2 Å². The lowest BCUT2D eigenvalue weighted by molar-refractivity contribution is -0.118. The van der Waals surface area contributed by atoms with Gasteiger partial charge in [-0.2, -0.15) is 0 Å². The second kappa shape index (κ2) is 6.15. The quantitative estimate of drug-likeness (QED) is 0.645. The Morgan fingerprint density at radius 3 is 2.59 bits per heavy atom. The average Bonchev–Trinajstić information content (AvgIpc) is 2.27. The zero-order valence-electron chi connectivity index (χ0n) is 9.47. The maximum Gasteiger partial charge on any atom is 0.239 e. The van der Waals surface area contributed by atoms with Crippen LogP contribution in [0.1, 0.15) is 6.92 Å². The van der Waals surface area contributed by atoms with Gasteiger partial charge in [-0.25, -0.2) is 0 Å². The van der Waals surface area contributed by atoms with Gasteiger partial charge in [0.05, 0.1) is 5.75 Å². The predicted molar refractivity (Wildman–Crippen MR) is 68.6 cm³/mol. The van der Waals surface area contributed by atoms with Crippen LogP contribution in [0.2, 0.25) is 0 Å². The highest BCUT2D eigenvalue weighted by Crippen LogP contribution is 2.27. The van der Waals surface area contributed by atoms with Crippen molar-refractivity contribution in [2.75, 3.05) is 11.1 Å². The van der Waals surface area contributed by atoms with Crippen LogP contribution >= 0.6 is 11.8 Å². The predicted octanol–water partition coefficient (Wildman–Crippen LogP) is 0.550. The number of nitrogens with two attached hydrogens (primary N) is 2. The summed E-state index contributed by atoms with van der Waals surface area (Å²) in [7, 11) is 0. The van der Waals surface area contributed by atoms with E-state index in [4.69, 9.17) is 11.5 Å². The summed E-state index contributed by atoms with van der Waals surface area (Å²) in [6.07, 6.45) is 0. The van der Waals surface area contributed by atoms with Gasteiger partial charge in [-0.05, 0) is 19.1 Å². The van der Waals surface area contributed by atoms with Crippen molar-refractivity contribution in [2.45, 2.75) is 17.9 Å². The Morgan fingerprint density at radius 2 is 2.00 bits per heavy atom. The van der Waals surface area contributed by atoms with E-state index in [-0.39, 0.29) is 11.7 Å². The summed E-state index contributed by atoms with van der Waals surface area (Å²) < 4.78 is 0. The second-order valence-electron chi connectivity index (χ2n) is 3.52. The number of anilines is 1. The van der Waals surface area contributed by atoms with Crippen molar-refractivity contribution < 1.29 is 9.59 Å². The number of thioether (sulfide) groups is 1. The Kier molecular flexibility index (Phi) is 4.84. The standard InChI is InChI=1S/C11H15N3O2S/c1-7(11(13)16)14-8-4-2-3-5-9(8)17-6-10(12)15/h2-5,7,14H,6H2,1H3,(H2,12,15)(H2,13,16)/t7-/m1/s1. The molecular weight excluding hydrogens is 238 g/mol. The second-order valence-corrected chi connectivity index (χ2v) is 4.54. The first-order valence-corrected chi connectivity index (χ1v) is 6.05. The molecule has 1 aromatic carbocycles. The molecule has 0 spiro atoms. The highest BCUT2D eigenvalue weighted by molar-refractivity contribution is 8.00. The van der Waals surface area contributed by atoms with Gasteiger partial charge in [0.2, 0.25) is 11.8 Å². The summed E-state index contributed by atoms with van der Waals surface area (Å²) in [5, 5.41) is 2.99. The molecule has 0 saturated carbocycles. The maximum absolute atomic E-state index is 11.0. The molecule has 0 unspecified atom stereocenters. The van der Waals surface area contributed by atoms with E-state index in [1.54, 1.807) is 6.92 Å². The number of hydrogen-bond donors (Lipinski definition) is 3. The van der Waals surface area contributed by atoms with E-state index in [1.165, 1.54) is 11.8 Å². The van der Waals surface area contributed by atoms with Crippen LogP contribution in [0.5, 0.6) is 0 Å². The van der Waals surface area contributed by atoms with Gasteiger partial charge in [0.1, 0.15) is 6.04 Å². The van der Waals surface area contributed by atoms with Gasteiger partial charge in [-0.3, -0.25) is 9.59 Å². The molecule has 0 aliphatic carbocycles. The molecule has 17 heavy (non-hydrogen) atoms. The molecule has 5 nitrogen and oxygen atoms in total. The Bertz CT molecular complexity index is 423. The van der Waals surface area contributed by atoms with Crippen molar-refractivity contribution in [3.63, 3.8) is 0 Å². The van der Waals surface area contributed by atoms with E-state index >= 15 is 0 Å². The van der Waals surface area contributed by atoms with Gasteiger partial charge < -0.3 is 16.8 Å². The Morgan fingerprint density at radius 1 is 1.35 bits per heavy atom. The highest BCUT2D eigenvalue weighted by Gasteiger charge is 2.11. The highest BCUT2D eigenvalue weighted by atomic mass is 32.2. The summed E-state index contributed by atoms with van der Waals surface area (Å²) in [6, 6.07) is 6.89. The van der Waals surface area contributed by atoms with Crippen LogP contribution in [0.4, 0.5) is 5.69 Å². The van der Waals surface area contributed by atoms with E-state index in [0.29, 0.717) is 0 Å². The zero-order valence-corrected chi connectivity index (χ0v) is 10.3.